The molecule has 126 valence electrons. The Hall–Kier alpha value is -2.15. The minimum Gasteiger partial charge on any atom is -0.480 e. The topological polar surface area (TPSA) is 101 Å². The highest BCUT2D eigenvalue weighted by Crippen LogP contribution is 2.18. The number of hydrogen-bond acceptors (Lipinski definition) is 4. The van der Waals surface area contributed by atoms with Gasteiger partial charge in [0.25, 0.3) is 5.91 Å². The van der Waals surface area contributed by atoms with Gasteiger partial charge in [0, 0.05) is 0 Å². The molecule has 2 N–H and O–H groups in total. The SMILES string of the molecule is C/C=C/CC(NC(=O)c1ccccc1S(=O)(=O)CCC)C(=O)O. The summed E-state index contributed by atoms with van der Waals surface area (Å²) in [6.45, 7) is 3.48. The van der Waals surface area contributed by atoms with Crippen molar-refractivity contribution in [3.63, 3.8) is 0 Å². The zero-order valence-corrected chi connectivity index (χ0v) is 14.0. The molecule has 1 rings (SSSR count). The van der Waals surface area contributed by atoms with Crippen LogP contribution in [0.2, 0.25) is 0 Å². The molecule has 0 aliphatic rings. The highest BCUT2D eigenvalue weighted by atomic mass is 32.2. The summed E-state index contributed by atoms with van der Waals surface area (Å²) >= 11 is 0. The van der Waals surface area contributed by atoms with E-state index in [9.17, 15) is 18.0 Å². The highest BCUT2D eigenvalue weighted by molar-refractivity contribution is 7.91. The minimum atomic E-state index is -3.58. The minimum absolute atomic E-state index is 0.0346. The number of sulfone groups is 1. The summed E-state index contributed by atoms with van der Waals surface area (Å²) in [5.74, 6) is -1.96. The van der Waals surface area contributed by atoms with Gasteiger partial charge in [-0.05, 0) is 31.9 Å². The molecule has 0 aliphatic carbocycles. The van der Waals surface area contributed by atoms with Gasteiger partial charge in [0.05, 0.1) is 16.2 Å². The van der Waals surface area contributed by atoms with Gasteiger partial charge >= 0.3 is 5.97 Å². The smallest absolute Gasteiger partial charge is 0.326 e. The lowest BCUT2D eigenvalue weighted by atomic mass is 10.1. The van der Waals surface area contributed by atoms with Gasteiger partial charge in [-0.1, -0.05) is 31.2 Å². The van der Waals surface area contributed by atoms with Crippen molar-refractivity contribution in [2.24, 2.45) is 0 Å². The first kappa shape index (κ1) is 18.9. The van der Waals surface area contributed by atoms with Gasteiger partial charge in [0.2, 0.25) is 0 Å². The largest absolute Gasteiger partial charge is 0.480 e. The molecule has 1 amide bonds. The average molecular weight is 339 g/mol. The van der Waals surface area contributed by atoms with Crippen LogP contribution in [0, 0.1) is 0 Å². The fourth-order valence-corrected chi connectivity index (χ4v) is 3.57. The van der Waals surface area contributed by atoms with Crippen LogP contribution in [0.3, 0.4) is 0 Å². The maximum atomic E-state index is 12.3. The zero-order chi connectivity index (χ0) is 17.5. The molecule has 0 saturated heterocycles. The first-order chi connectivity index (χ1) is 10.8. The van der Waals surface area contributed by atoms with Gasteiger partial charge in [0.15, 0.2) is 9.84 Å². The Bertz CT molecular complexity index is 694. The van der Waals surface area contributed by atoms with Crippen molar-refractivity contribution in [1.29, 1.82) is 0 Å². The van der Waals surface area contributed by atoms with Crippen molar-refractivity contribution >= 4 is 21.7 Å². The predicted molar refractivity (Wildman–Crippen MR) is 87.1 cm³/mol. The maximum absolute atomic E-state index is 12.3. The van der Waals surface area contributed by atoms with Crippen molar-refractivity contribution in [1.82, 2.24) is 5.32 Å². The molecule has 7 heteroatoms. The number of amides is 1. The highest BCUT2D eigenvalue weighted by Gasteiger charge is 2.24. The number of carboxylic acids is 1. The van der Waals surface area contributed by atoms with Crippen molar-refractivity contribution < 1.29 is 23.1 Å². The van der Waals surface area contributed by atoms with Crippen LogP contribution in [0.4, 0.5) is 0 Å². The van der Waals surface area contributed by atoms with Gasteiger partial charge in [0.1, 0.15) is 6.04 Å². The number of nitrogens with one attached hydrogen (secondary N) is 1. The van der Waals surface area contributed by atoms with Crippen LogP contribution in [-0.4, -0.2) is 37.2 Å². The third kappa shape index (κ3) is 5.21. The summed E-state index contributed by atoms with van der Waals surface area (Å²) in [6.07, 6.45) is 3.86. The molecular weight excluding hydrogens is 318 g/mol. The van der Waals surface area contributed by atoms with Crippen molar-refractivity contribution in [3.05, 3.63) is 42.0 Å². The number of carboxylic acid groups (broad SMARTS) is 1. The van der Waals surface area contributed by atoms with Crippen LogP contribution >= 0.6 is 0 Å². The summed E-state index contributed by atoms with van der Waals surface area (Å²) in [7, 11) is -3.58. The molecule has 0 fully saturated rings. The normalized spacial score (nSPS) is 13.0. The van der Waals surface area contributed by atoms with Gasteiger partial charge < -0.3 is 10.4 Å². The number of hydrogen-bond donors (Lipinski definition) is 2. The monoisotopic (exact) mass is 339 g/mol. The van der Waals surface area contributed by atoms with Crippen LogP contribution in [0.1, 0.15) is 37.0 Å². The van der Waals surface area contributed by atoms with Crippen molar-refractivity contribution in [3.8, 4) is 0 Å². The fraction of sp³-hybridized carbons (Fsp3) is 0.375. The number of rotatable bonds is 8. The number of carbonyl (C=O) groups excluding carboxylic acids is 1. The molecule has 1 aromatic carbocycles. The van der Waals surface area contributed by atoms with Crippen molar-refractivity contribution in [2.45, 2.75) is 37.6 Å². The standard InChI is InChI=1S/C16H21NO5S/c1-3-5-9-13(16(19)20)17-15(18)12-8-6-7-10-14(12)23(21,22)11-4-2/h3,5-8,10,13H,4,9,11H2,1-2H3,(H,17,18)(H,19,20)/b5-3+. The molecule has 1 aromatic rings. The molecule has 0 heterocycles. The molecule has 0 aromatic heterocycles. The maximum Gasteiger partial charge on any atom is 0.326 e. The molecule has 0 radical (unpaired) electrons. The van der Waals surface area contributed by atoms with E-state index in [1.54, 1.807) is 32.1 Å². The van der Waals surface area contributed by atoms with Crippen LogP contribution < -0.4 is 5.32 Å². The second kappa shape index (κ2) is 8.47. The van der Waals surface area contributed by atoms with E-state index in [0.717, 1.165) is 0 Å². The number of carbonyl (C=O) groups is 2. The summed E-state index contributed by atoms with van der Waals surface area (Å²) in [6, 6.07) is 4.71. The van der Waals surface area contributed by atoms with E-state index in [4.69, 9.17) is 5.11 Å². The summed E-state index contributed by atoms with van der Waals surface area (Å²) in [5, 5.41) is 11.5. The van der Waals surface area contributed by atoms with E-state index in [1.807, 2.05) is 0 Å². The Morgan fingerprint density at radius 1 is 1.30 bits per heavy atom. The third-order valence-electron chi connectivity index (χ3n) is 3.15. The fourth-order valence-electron chi connectivity index (χ4n) is 2.03. The van der Waals surface area contributed by atoms with Gasteiger partial charge in [-0.3, -0.25) is 4.79 Å². The van der Waals surface area contributed by atoms with Crippen molar-refractivity contribution in [2.75, 3.05) is 5.75 Å². The molecule has 1 atom stereocenters. The summed E-state index contributed by atoms with van der Waals surface area (Å²) < 4.78 is 24.5. The Morgan fingerprint density at radius 3 is 2.52 bits per heavy atom. The Kier molecular flexibility index (Phi) is 6.96. The van der Waals surface area contributed by atoms with E-state index >= 15 is 0 Å². The number of aliphatic carboxylic acids is 1. The second-order valence-electron chi connectivity index (χ2n) is 4.98. The van der Waals surface area contributed by atoms with E-state index < -0.39 is 27.8 Å². The molecule has 1 unspecified atom stereocenters. The molecular formula is C16H21NO5S. The molecule has 6 nitrogen and oxygen atoms in total. The zero-order valence-electron chi connectivity index (χ0n) is 13.2. The van der Waals surface area contributed by atoms with E-state index in [0.29, 0.717) is 6.42 Å². The van der Waals surface area contributed by atoms with Crippen LogP contribution in [0.25, 0.3) is 0 Å². The lowest BCUT2D eigenvalue weighted by molar-refractivity contribution is -0.139. The quantitative estimate of drug-likeness (QED) is 0.706. The predicted octanol–water partition coefficient (Wildman–Crippen LogP) is 2.02. The third-order valence-corrected chi connectivity index (χ3v) is 5.12. The number of benzene rings is 1. The average Bonchev–Trinajstić information content (AvgIpc) is 2.50. The molecule has 0 spiro atoms. The lowest BCUT2D eigenvalue weighted by Crippen LogP contribution is -2.40. The first-order valence-electron chi connectivity index (χ1n) is 7.30. The van der Waals surface area contributed by atoms with Crippen LogP contribution in [0.15, 0.2) is 41.3 Å². The summed E-state index contributed by atoms with van der Waals surface area (Å²) in [4.78, 5) is 23.4. The Labute approximate surface area is 136 Å². The van der Waals surface area contributed by atoms with E-state index in [-0.39, 0.29) is 22.6 Å². The van der Waals surface area contributed by atoms with E-state index in [2.05, 4.69) is 5.32 Å². The summed E-state index contributed by atoms with van der Waals surface area (Å²) in [5.41, 5.74) is -0.0346. The van der Waals surface area contributed by atoms with Gasteiger partial charge in [-0.15, -0.1) is 0 Å². The van der Waals surface area contributed by atoms with Crippen LogP contribution in [0.5, 0.6) is 0 Å². The van der Waals surface area contributed by atoms with E-state index in [1.165, 1.54) is 18.2 Å². The molecule has 0 bridgehead atoms. The lowest BCUT2D eigenvalue weighted by Gasteiger charge is -2.15. The van der Waals surface area contributed by atoms with Crippen LogP contribution in [-0.2, 0) is 14.6 Å². The van der Waals surface area contributed by atoms with Gasteiger partial charge in [-0.2, -0.15) is 0 Å². The van der Waals surface area contributed by atoms with Gasteiger partial charge in [-0.25, -0.2) is 13.2 Å². The molecule has 0 aliphatic heterocycles. The first-order valence-corrected chi connectivity index (χ1v) is 8.95. The molecule has 23 heavy (non-hydrogen) atoms. The Morgan fingerprint density at radius 2 is 1.96 bits per heavy atom. The second-order valence-corrected chi connectivity index (χ2v) is 7.06. The Balaban J connectivity index is 3.11. The molecule has 0 saturated carbocycles. The number of allylic oxidation sites excluding steroid dienone is 1.